The Balaban J connectivity index is 1.55. The first-order valence-corrected chi connectivity index (χ1v) is 11.1. The maximum atomic E-state index is 13.3. The summed E-state index contributed by atoms with van der Waals surface area (Å²) in [5.74, 6) is -0.273. The number of pyridine rings is 2. The summed E-state index contributed by atoms with van der Waals surface area (Å²) in [6, 6.07) is 22.6. The number of rotatable bonds is 4. The van der Waals surface area contributed by atoms with Crippen molar-refractivity contribution in [2.75, 3.05) is 5.32 Å². The fraction of sp³-hybridized carbons (Fsp3) is 0.0400. The van der Waals surface area contributed by atoms with Crippen LogP contribution in [0.4, 0.5) is 5.13 Å². The second kappa shape index (κ2) is 8.49. The van der Waals surface area contributed by atoms with Crippen LogP contribution in [0.25, 0.3) is 33.5 Å². The molecular formula is C25H17ClN4OS. The number of amides is 1. The number of fused-ring (bicyclic) bond motifs is 1. The first-order valence-electron chi connectivity index (χ1n) is 9.94. The number of hydrogen-bond acceptors (Lipinski definition) is 5. The highest BCUT2D eigenvalue weighted by molar-refractivity contribution is 7.16. The van der Waals surface area contributed by atoms with Crippen molar-refractivity contribution < 1.29 is 4.79 Å². The number of nitrogens with one attached hydrogen (secondary N) is 1. The number of aryl methyl sites for hydroxylation is 1. The molecule has 0 saturated heterocycles. The average Bonchev–Trinajstić information content (AvgIpc) is 3.19. The molecule has 1 amide bonds. The molecular weight excluding hydrogens is 440 g/mol. The van der Waals surface area contributed by atoms with Crippen LogP contribution in [0.2, 0.25) is 5.02 Å². The second-order valence-corrected chi connectivity index (χ2v) is 8.82. The number of benzene rings is 2. The number of halogens is 1. The fourth-order valence-electron chi connectivity index (χ4n) is 3.51. The van der Waals surface area contributed by atoms with Crippen LogP contribution >= 0.6 is 22.9 Å². The van der Waals surface area contributed by atoms with Crippen molar-refractivity contribution in [1.82, 2.24) is 15.0 Å². The van der Waals surface area contributed by atoms with Gasteiger partial charge in [-0.25, -0.2) is 9.97 Å². The molecule has 32 heavy (non-hydrogen) atoms. The summed E-state index contributed by atoms with van der Waals surface area (Å²) in [6.45, 7) is 2.00. The van der Waals surface area contributed by atoms with Gasteiger partial charge < -0.3 is 0 Å². The van der Waals surface area contributed by atoms with Gasteiger partial charge in [0.2, 0.25) is 0 Å². The molecule has 3 heterocycles. The number of thiazole rings is 1. The van der Waals surface area contributed by atoms with Gasteiger partial charge in [-0.05, 0) is 43.3 Å². The third-order valence-corrected chi connectivity index (χ3v) is 6.13. The van der Waals surface area contributed by atoms with E-state index >= 15 is 0 Å². The molecule has 0 aliphatic carbocycles. The van der Waals surface area contributed by atoms with E-state index in [1.165, 1.54) is 11.3 Å². The minimum Gasteiger partial charge on any atom is -0.298 e. The van der Waals surface area contributed by atoms with E-state index in [0.717, 1.165) is 16.1 Å². The second-order valence-electron chi connectivity index (χ2n) is 7.18. The summed E-state index contributed by atoms with van der Waals surface area (Å²) >= 11 is 7.67. The number of nitrogens with zero attached hydrogens (tertiary/aromatic N) is 3. The maximum Gasteiger partial charge on any atom is 0.258 e. The van der Waals surface area contributed by atoms with Crippen LogP contribution in [0.1, 0.15) is 15.2 Å². The van der Waals surface area contributed by atoms with E-state index in [2.05, 4.69) is 20.3 Å². The lowest BCUT2D eigenvalue weighted by atomic mass is 10.1. The summed E-state index contributed by atoms with van der Waals surface area (Å²) in [5.41, 5.74) is 4.32. The number of anilines is 1. The molecule has 5 nitrogen and oxygen atoms in total. The third kappa shape index (κ3) is 3.98. The number of carbonyl (C=O) groups is 1. The quantitative estimate of drug-likeness (QED) is 0.329. The van der Waals surface area contributed by atoms with Gasteiger partial charge in [-0.15, -0.1) is 11.3 Å². The lowest BCUT2D eigenvalue weighted by Crippen LogP contribution is -2.13. The van der Waals surface area contributed by atoms with Gasteiger partial charge in [-0.3, -0.25) is 15.1 Å². The predicted octanol–water partition coefficient (Wildman–Crippen LogP) is 6.63. The standard InChI is InChI=1S/C25H17ClN4OS/c1-15-23(16-7-3-2-4-8-16)29-25(32-15)30-24(31)19-14-22(21-9-5-6-12-27-21)28-20-11-10-17(26)13-18(19)20/h2-14H,1H3,(H,29,30,31). The molecule has 5 rings (SSSR count). The van der Waals surface area contributed by atoms with Gasteiger partial charge in [0.15, 0.2) is 5.13 Å². The Morgan fingerprint density at radius 2 is 1.75 bits per heavy atom. The van der Waals surface area contributed by atoms with Crippen LogP contribution in [0.3, 0.4) is 0 Å². The highest BCUT2D eigenvalue weighted by Crippen LogP contribution is 2.32. The molecule has 0 bridgehead atoms. The first kappa shape index (κ1) is 20.3. The highest BCUT2D eigenvalue weighted by Gasteiger charge is 2.18. The number of carbonyl (C=O) groups excluding carboxylic acids is 1. The van der Waals surface area contributed by atoms with E-state index in [4.69, 9.17) is 11.6 Å². The molecule has 3 aromatic heterocycles. The van der Waals surface area contributed by atoms with Gasteiger partial charge >= 0.3 is 0 Å². The zero-order chi connectivity index (χ0) is 22.1. The number of hydrogen-bond donors (Lipinski definition) is 1. The molecule has 0 unspecified atom stereocenters. The Hall–Kier alpha value is -3.61. The van der Waals surface area contributed by atoms with Gasteiger partial charge in [-0.2, -0.15) is 0 Å². The summed E-state index contributed by atoms with van der Waals surface area (Å²) in [7, 11) is 0. The lowest BCUT2D eigenvalue weighted by Gasteiger charge is -2.09. The van der Waals surface area contributed by atoms with Crippen molar-refractivity contribution in [3.05, 3.63) is 94.5 Å². The molecule has 7 heteroatoms. The zero-order valence-corrected chi connectivity index (χ0v) is 18.6. The Morgan fingerprint density at radius 1 is 0.938 bits per heavy atom. The van der Waals surface area contributed by atoms with E-state index in [-0.39, 0.29) is 5.91 Å². The SMILES string of the molecule is Cc1sc(NC(=O)c2cc(-c3ccccn3)nc3ccc(Cl)cc23)nc1-c1ccccc1. The van der Waals surface area contributed by atoms with Crippen molar-refractivity contribution in [1.29, 1.82) is 0 Å². The third-order valence-electron chi connectivity index (χ3n) is 5.01. The van der Waals surface area contributed by atoms with Crippen LogP contribution in [-0.2, 0) is 0 Å². The van der Waals surface area contributed by atoms with Crippen molar-refractivity contribution >= 4 is 44.9 Å². The predicted molar refractivity (Wildman–Crippen MR) is 130 cm³/mol. The zero-order valence-electron chi connectivity index (χ0n) is 17.0. The van der Waals surface area contributed by atoms with Crippen LogP contribution in [0, 0.1) is 6.92 Å². The average molecular weight is 457 g/mol. The van der Waals surface area contributed by atoms with Crippen molar-refractivity contribution in [3.8, 4) is 22.6 Å². The Bertz CT molecular complexity index is 1440. The maximum absolute atomic E-state index is 13.3. The van der Waals surface area contributed by atoms with Crippen LogP contribution < -0.4 is 5.32 Å². The van der Waals surface area contributed by atoms with Crippen LogP contribution in [0.5, 0.6) is 0 Å². The van der Waals surface area contributed by atoms with Gasteiger partial charge in [0.05, 0.1) is 28.2 Å². The van der Waals surface area contributed by atoms with Gasteiger partial charge in [0.25, 0.3) is 5.91 Å². The number of aromatic nitrogens is 3. The van der Waals surface area contributed by atoms with Crippen molar-refractivity contribution in [2.24, 2.45) is 0 Å². The van der Waals surface area contributed by atoms with Crippen LogP contribution in [0.15, 0.2) is 79.0 Å². The normalized spacial score (nSPS) is 10.9. The Morgan fingerprint density at radius 3 is 2.53 bits per heavy atom. The van der Waals surface area contributed by atoms with Gasteiger partial charge in [0, 0.05) is 27.0 Å². The molecule has 156 valence electrons. The fourth-order valence-corrected chi connectivity index (χ4v) is 4.51. The van der Waals surface area contributed by atoms with E-state index in [9.17, 15) is 4.79 Å². The smallest absolute Gasteiger partial charge is 0.258 e. The van der Waals surface area contributed by atoms with Crippen molar-refractivity contribution in [3.63, 3.8) is 0 Å². The monoisotopic (exact) mass is 456 g/mol. The molecule has 0 aliphatic heterocycles. The minimum absolute atomic E-state index is 0.273. The largest absolute Gasteiger partial charge is 0.298 e. The topological polar surface area (TPSA) is 67.8 Å². The lowest BCUT2D eigenvalue weighted by molar-refractivity contribution is 0.102. The molecule has 0 saturated carbocycles. The minimum atomic E-state index is -0.273. The summed E-state index contributed by atoms with van der Waals surface area (Å²) in [4.78, 5) is 28.1. The summed E-state index contributed by atoms with van der Waals surface area (Å²) < 4.78 is 0. The van der Waals surface area contributed by atoms with Crippen LogP contribution in [-0.4, -0.2) is 20.9 Å². The highest BCUT2D eigenvalue weighted by atomic mass is 35.5. The van der Waals surface area contributed by atoms with E-state index in [0.29, 0.717) is 38.0 Å². The molecule has 0 aliphatic rings. The first-order chi connectivity index (χ1) is 15.6. The Kier molecular flexibility index (Phi) is 5.39. The summed E-state index contributed by atoms with van der Waals surface area (Å²) in [5, 5.41) is 4.71. The van der Waals surface area contributed by atoms with E-state index in [1.807, 2.05) is 61.5 Å². The van der Waals surface area contributed by atoms with Gasteiger partial charge in [0.1, 0.15) is 0 Å². The molecule has 1 N–H and O–H groups in total. The molecule has 2 aromatic carbocycles. The summed E-state index contributed by atoms with van der Waals surface area (Å²) in [6.07, 6.45) is 1.70. The molecule has 5 aromatic rings. The molecule has 0 atom stereocenters. The molecule has 0 fully saturated rings. The molecule has 0 spiro atoms. The van der Waals surface area contributed by atoms with Crippen molar-refractivity contribution in [2.45, 2.75) is 6.92 Å². The van der Waals surface area contributed by atoms with E-state index in [1.54, 1.807) is 24.4 Å². The molecule has 0 radical (unpaired) electrons. The van der Waals surface area contributed by atoms with Gasteiger partial charge in [-0.1, -0.05) is 48.0 Å². The Labute approximate surface area is 193 Å². The van der Waals surface area contributed by atoms with E-state index < -0.39 is 0 Å².